The fraction of sp³-hybridized carbons (Fsp3) is 0.263. The van der Waals surface area contributed by atoms with E-state index < -0.39 is 11.7 Å². The maximum atomic E-state index is 12.9. The lowest BCUT2D eigenvalue weighted by Crippen LogP contribution is -2.17. The van der Waals surface area contributed by atoms with E-state index in [0.717, 1.165) is 17.7 Å². The molecule has 1 aliphatic rings. The van der Waals surface area contributed by atoms with Gasteiger partial charge in [0.05, 0.1) is 12.1 Å². The van der Waals surface area contributed by atoms with Gasteiger partial charge in [0.2, 0.25) is 18.5 Å². The van der Waals surface area contributed by atoms with Crippen molar-refractivity contribution in [1.82, 2.24) is 15.0 Å². The summed E-state index contributed by atoms with van der Waals surface area (Å²) in [6.45, 7) is 1.16. The number of hydrogen-bond acceptors (Lipinski definition) is 6. The van der Waals surface area contributed by atoms with Crippen molar-refractivity contribution in [3.05, 3.63) is 59.5 Å². The Hall–Kier alpha value is -3.07. The molecule has 1 aromatic heterocycles. The number of nitrogens with zero attached hydrogens (tertiary/aromatic N) is 3. The van der Waals surface area contributed by atoms with Gasteiger partial charge in [-0.15, -0.1) is 0 Å². The fourth-order valence-corrected chi connectivity index (χ4v) is 2.91. The van der Waals surface area contributed by atoms with Gasteiger partial charge in [0.1, 0.15) is 0 Å². The molecule has 0 bridgehead atoms. The van der Waals surface area contributed by atoms with Gasteiger partial charge in [-0.05, 0) is 36.9 Å². The second kappa shape index (κ2) is 7.16. The summed E-state index contributed by atoms with van der Waals surface area (Å²) in [6.07, 6.45) is -4.42. The van der Waals surface area contributed by atoms with Gasteiger partial charge in [-0.25, -0.2) is 0 Å². The minimum atomic E-state index is -4.42. The van der Waals surface area contributed by atoms with Gasteiger partial charge in [-0.1, -0.05) is 23.4 Å². The number of aromatic nitrogens is 2. The molecule has 0 aliphatic carbocycles. The van der Waals surface area contributed by atoms with Gasteiger partial charge < -0.3 is 14.0 Å². The average molecular weight is 391 g/mol. The highest BCUT2D eigenvalue weighted by Gasteiger charge is 2.30. The highest BCUT2D eigenvalue weighted by molar-refractivity contribution is 5.55. The molecule has 0 saturated carbocycles. The SMILES string of the molecule is CN(Cc1ccc2c(c1)OCO2)Cc1nc(-c2cccc(C(F)(F)F)c2)no1. The van der Waals surface area contributed by atoms with Crippen molar-refractivity contribution < 1.29 is 27.2 Å². The minimum absolute atomic E-state index is 0.123. The number of alkyl halides is 3. The minimum Gasteiger partial charge on any atom is -0.454 e. The van der Waals surface area contributed by atoms with Gasteiger partial charge in [0, 0.05) is 12.1 Å². The van der Waals surface area contributed by atoms with Crippen molar-refractivity contribution in [3.63, 3.8) is 0 Å². The van der Waals surface area contributed by atoms with E-state index in [-0.39, 0.29) is 18.2 Å². The summed E-state index contributed by atoms with van der Waals surface area (Å²) in [5, 5.41) is 3.80. The number of rotatable bonds is 5. The lowest BCUT2D eigenvalue weighted by Gasteiger charge is -2.14. The van der Waals surface area contributed by atoms with Gasteiger partial charge in [0.15, 0.2) is 11.5 Å². The third-order valence-corrected chi connectivity index (χ3v) is 4.21. The Kier molecular flexibility index (Phi) is 4.68. The lowest BCUT2D eigenvalue weighted by atomic mass is 10.1. The summed E-state index contributed by atoms with van der Waals surface area (Å²) >= 11 is 0. The lowest BCUT2D eigenvalue weighted by molar-refractivity contribution is -0.137. The molecular weight excluding hydrogens is 375 g/mol. The molecule has 0 amide bonds. The van der Waals surface area contributed by atoms with Crippen LogP contribution in [0, 0.1) is 0 Å². The Balaban J connectivity index is 1.43. The van der Waals surface area contributed by atoms with E-state index in [1.807, 2.05) is 30.1 Å². The van der Waals surface area contributed by atoms with Crippen molar-refractivity contribution in [2.45, 2.75) is 19.3 Å². The van der Waals surface area contributed by atoms with Crippen LogP contribution in [0.3, 0.4) is 0 Å². The average Bonchev–Trinajstić information content (AvgIpc) is 3.30. The Morgan fingerprint density at radius 1 is 1.04 bits per heavy atom. The Bertz CT molecular complexity index is 988. The van der Waals surface area contributed by atoms with Gasteiger partial charge in [-0.3, -0.25) is 4.90 Å². The van der Waals surface area contributed by atoms with E-state index in [0.29, 0.717) is 30.5 Å². The predicted octanol–water partition coefficient (Wildman–Crippen LogP) is 4.12. The van der Waals surface area contributed by atoms with Crippen molar-refractivity contribution >= 4 is 0 Å². The molecule has 4 rings (SSSR count). The van der Waals surface area contributed by atoms with Crippen LogP contribution in [0.5, 0.6) is 11.5 Å². The maximum Gasteiger partial charge on any atom is 0.416 e. The predicted molar refractivity (Wildman–Crippen MR) is 92.5 cm³/mol. The van der Waals surface area contributed by atoms with Crippen LogP contribution >= 0.6 is 0 Å². The van der Waals surface area contributed by atoms with Crippen LogP contribution in [0.25, 0.3) is 11.4 Å². The molecule has 9 heteroatoms. The summed E-state index contributed by atoms with van der Waals surface area (Å²) in [5.41, 5.74) is 0.517. The molecule has 6 nitrogen and oxygen atoms in total. The number of hydrogen-bond donors (Lipinski definition) is 0. The molecule has 0 unspecified atom stereocenters. The van der Waals surface area contributed by atoms with Crippen LogP contribution in [0.1, 0.15) is 17.0 Å². The molecule has 2 aromatic carbocycles. The standard InChI is InChI=1S/C19H16F3N3O3/c1-25(9-12-5-6-15-16(7-12)27-11-26-15)10-17-23-18(24-28-17)13-3-2-4-14(8-13)19(20,21)22/h2-8H,9-11H2,1H3. The molecule has 0 fully saturated rings. The molecule has 3 aromatic rings. The molecule has 2 heterocycles. The first-order valence-corrected chi connectivity index (χ1v) is 8.46. The molecule has 0 spiro atoms. The van der Waals surface area contributed by atoms with E-state index in [1.165, 1.54) is 12.1 Å². The van der Waals surface area contributed by atoms with Crippen molar-refractivity contribution in [3.8, 4) is 22.9 Å². The van der Waals surface area contributed by atoms with Crippen LogP contribution in [0.4, 0.5) is 13.2 Å². The Morgan fingerprint density at radius 3 is 2.68 bits per heavy atom. The summed E-state index contributed by atoms with van der Waals surface area (Å²) in [4.78, 5) is 6.16. The van der Waals surface area contributed by atoms with Gasteiger partial charge in [0.25, 0.3) is 0 Å². The summed E-state index contributed by atoms with van der Waals surface area (Å²) in [5.74, 6) is 1.86. The fourth-order valence-electron chi connectivity index (χ4n) is 2.91. The van der Waals surface area contributed by atoms with Crippen LogP contribution in [0.15, 0.2) is 47.0 Å². The quantitative estimate of drug-likeness (QED) is 0.652. The molecular formula is C19H16F3N3O3. The topological polar surface area (TPSA) is 60.6 Å². The molecule has 146 valence electrons. The first-order chi connectivity index (χ1) is 13.4. The Morgan fingerprint density at radius 2 is 1.86 bits per heavy atom. The first kappa shape index (κ1) is 18.3. The van der Waals surface area contributed by atoms with E-state index in [9.17, 15) is 13.2 Å². The number of halogens is 3. The van der Waals surface area contributed by atoms with Crippen LogP contribution in [0.2, 0.25) is 0 Å². The zero-order valence-electron chi connectivity index (χ0n) is 14.9. The van der Waals surface area contributed by atoms with Crippen molar-refractivity contribution in [2.75, 3.05) is 13.8 Å². The Labute approximate surface area is 158 Å². The van der Waals surface area contributed by atoms with Gasteiger partial charge in [-0.2, -0.15) is 18.2 Å². The summed E-state index contributed by atoms with van der Waals surface area (Å²) in [6, 6.07) is 10.5. The van der Waals surface area contributed by atoms with Crippen molar-refractivity contribution in [2.24, 2.45) is 0 Å². The highest BCUT2D eigenvalue weighted by Crippen LogP contribution is 2.33. The monoisotopic (exact) mass is 391 g/mol. The van der Waals surface area contributed by atoms with E-state index in [4.69, 9.17) is 14.0 Å². The summed E-state index contributed by atoms with van der Waals surface area (Å²) in [7, 11) is 1.87. The van der Waals surface area contributed by atoms with Crippen molar-refractivity contribution in [1.29, 1.82) is 0 Å². The number of benzene rings is 2. The van der Waals surface area contributed by atoms with Crippen LogP contribution < -0.4 is 9.47 Å². The normalized spacial score (nSPS) is 13.3. The van der Waals surface area contributed by atoms with Crippen LogP contribution in [-0.2, 0) is 19.3 Å². The second-order valence-corrected chi connectivity index (χ2v) is 6.45. The van der Waals surface area contributed by atoms with E-state index >= 15 is 0 Å². The first-order valence-electron chi connectivity index (χ1n) is 8.46. The largest absolute Gasteiger partial charge is 0.454 e. The van der Waals surface area contributed by atoms with E-state index in [1.54, 1.807) is 0 Å². The van der Waals surface area contributed by atoms with E-state index in [2.05, 4.69) is 10.1 Å². The highest BCUT2D eigenvalue weighted by atomic mass is 19.4. The number of fused-ring (bicyclic) bond motifs is 1. The number of ether oxygens (including phenoxy) is 2. The molecule has 1 aliphatic heterocycles. The molecule has 0 N–H and O–H groups in total. The molecule has 0 saturated heterocycles. The molecule has 0 atom stereocenters. The van der Waals surface area contributed by atoms with Gasteiger partial charge >= 0.3 is 6.18 Å². The molecule has 28 heavy (non-hydrogen) atoms. The third-order valence-electron chi connectivity index (χ3n) is 4.21. The second-order valence-electron chi connectivity index (χ2n) is 6.45. The molecule has 0 radical (unpaired) electrons. The zero-order valence-corrected chi connectivity index (χ0v) is 14.9. The maximum absolute atomic E-state index is 12.9. The smallest absolute Gasteiger partial charge is 0.416 e. The zero-order chi connectivity index (χ0) is 19.7. The summed E-state index contributed by atoms with van der Waals surface area (Å²) < 4.78 is 54.4. The third kappa shape index (κ3) is 3.94. The van der Waals surface area contributed by atoms with Crippen LogP contribution in [-0.4, -0.2) is 28.9 Å².